The molecule has 4 nitrogen and oxygen atoms in total. The molecule has 1 aromatic rings. The van der Waals surface area contributed by atoms with Gasteiger partial charge in [0, 0.05) is 23.4 Å². The van der Waals surface area contributed by atoms with E-state index in [1.165, 1.54) is 5.56 Å². The minimum atomic E-state index is -0.366. The van der Waals surface area contributed by atoms with Gasteiger partial charge in [0.05, 0.1) is 0 Å². The molecule has 2 aliphatic carbocycles. The molecule has 1 aromatic carbocycles. The van der Waals surface area contributed by atoms with E-state index in [1.807, 2.05) is 6.07 Å². The second kappa shape index (κ2) is 5.27. The van der Waals surface area contributed by atoms with E-state index in [-0.39, 0.29) is 47.9 Å². The summed E-state index contributed by atoms with van der Waals surface area (Å²) in [6, 6.07) is 4.26. The summed E-state index contributed by atoms with van der Waals surface area (Å²) in [7, 11) is 2.20. The Hall–Kier alpha value is -0.970. The highest BCUT2D eigenvalue weighted by atomic mass is 35.5. The van der Waals surface area contributed by atoms with Gasteiger partial charge in [-0.25, -0.2) is 0 Å². The number of nitrogens with zero attached hydrogens (tertiary/aromatic N) is 1. The molecule has 1 N–H and O–H groups in total. The van der Waals surface area contributed by atoms with Crippen LogP contribution >= 0.6 is 24.8 Å². The molecular formula is C17H21Cl2NO3. The highest BCUT2D eigenvalue weighted by Gasteiger charge is 2.65. The van der Waals surface area contributed by atoms with Gasteiger partial charge in [-0.3, -0.25) is 4.79 Å². The third-order valence-electron chi connectivity index (χ3n) is 6.39. The van der Waals surface area contributed by atoms with Crippen LogP contribution in [0.4, 0.5) is 0 Å². The summed E-state index contributed by atoms with van der Waals surface area (Å²) in [5.41, 5.74) is 2.26. The second-order valence-electron chi connectivity index (χ2n) is 7.10. The van der Waals surface area contributed by atoms with Crippen molar-refractivity contribution in [3.8, 4) is 11.5 Å². The van der Waals surface area contributed by atoms with Gasteiger partial charge in [0.1, 0.15) is 0 Å². The van der Waals surface area contributed by atoms with Crippen LogP contribution in [-0.4, -0.2) is 41.5 Å². The average Bonchev–Trinajstić information content (AvgIpc) is 2.83. The molecule has 2 heterocycles. The van der Waals surface area contributed by atoms with Crippen LogP contribution in [0.3, 0.4) is 0 Å². The number of ketones is 1. The van der Waals surface area contributed by atoms with E-state index in [4.69, 9.17) is 4.74 Å². The van der Waals surface area contributed by atoms with Crippen LogP contribution in [0.2, 0.25) is 0 Å². The first-order valence-electron chi connectivity index (χ1n) is 7.88. The minimum absolute atomic E-state index is 0. The van der Waals surface area contributed by atoms with E-state index in [1.54, 1.807) is 6.07 Å². The lowest BCUT2D eigenvalue weighted by Gasteiger charge is -2.57. The Kier molecular flexibility index (Phi) is 3.86. The molecule has 0 aromatic heterocycles. The number of Topliss-reactive ketones (excluding diaryl/α,β-unsaturated/α-hetero) is 1. The van der Waals surface area contributed by atoms with E-state index in [0.717, 1.165) is 31.4 Å². The summed E-state index contributed by atoms with van der Waals surface area (Å²) in [5, 5.41) is 10.2. The Labute approximate surface area is 148 Å². The third kappa shape index (κ3) is 1.80. The smallest absolute Gasteiger partial charge is 0.174 e. The largest absolute Gasteiger partial charge is 0.504 e. The van der Waals surface area contributed by atoms with Gasteiger partial charge in [-0.2, -0.15) is 0 Å². The number of phenolic OH excluding ortho intramolecular Hbond substituents is 1. The summed E-state index contributed by atoms with van der Waals surface area (Å²) >= 11 is 0. The first-order chi connectivity index (χ1) is 10.1. The molecular weight excluding hydrogens is 337 g/mol. The van der Waals surface area contributed by atoms with E-state index in [2.05, 4.69) is 11.9 Å². The lowest BCUT2D eigenvalue weighted by molar-refractivity contribution is -0.138. The van der Waals surface area contributed by atoms with Crippen molar-refractivity contribution in [2.45, 2.75) is 43.2 Å². The number of rotatable bonds is 0. The van der Waals surface area contributed by atoms with Crippen LogP contribution < -0.4 is 4.74 Å². The van der Waals surface area contributed by atoms with E-state index in [9.17, 15) is 9.90 Å². The highest BCUT2D eigenvalue weighted by Crippen LogP contribution is 2.62. The molecule has 2 fully saturated rings. The van der Waals surface area contributed by atoms with Crippen LogP contribution in [0.15, 0.2) is 12.1 Å². The number of carbonyl (C=O) groups is 1. The van der Waals surface area contributed by atoms with Crippen molar-refractivity contribution in [3.63, 3.8) is 0 Å². The summed E-state index contributed by atoms with van der Waals surface area (Å²) < 4.78 is 6.04. The summed E-state index contributed by atoms with van der Waals surface area (Å²) in [6.45, 7) is 1.00. The maximum Gasteiger partial charge on any atom is 0.174 e. The molecule has 0 unspecified atom stereocenters. The molecule has 2 bridgehead atoms. The van der Waals surface area contributed by atoms with Gasteiger partial charge < -0.3 is 14.7 Å². The summed E-state index contributed by atoms with van der Waals surface area (Å²) in [6.07, 6.45) is 3.18. The van der Waals surface area contributed by atoms with Crippen molar-refractivity contribution in [3.05, 3.63) is 23.3 Å². The van der Waals surface area contributed by atoms with E-state index in [0.29, 0.717) is 24.1 Å². The van der Waals surface area contributed by atoms with Crippen molar-refractivity contribution < 1.29 is 14.6 Å². The number of hydrogen-bond donors (Lipinski definition) is 1. The van der Waals surface area contributed by atoms with Crippen molar-refractivity contribution in [1.82, 2.24) is 4.90 Å². The number of halogens is 2. The lowest BCUT2D eigenvalue weighted by atomic mass is 9.52. The number of piperidine rings is 1. The average molecular weight is 358 g/mol. The van der Waals surface area contributed by atoms with Gasteiger partial charge in [-0.05, 0) is 50.4 Å². The number of benzene rings is 1. The maximum atomic E-state index is 12.5. The molecule has 126 valence electrons. The Morgan fingerprint density at radius 1 is 1.35 bits per heavy atom. The quantitative estimate of drug-likeness (QED) is 0.774. The molecule has 6 heteroatoms. The molecule has 1 saturated carbocycles. The third-order valence-corrected chi connectivity index (χ3v) is 6.39. The van der Waals surface area contributed by atoms with E-state index >= 15 is 0 Å². The van der Waals surface area contributed by atoms with Gasteiger partial charge in [-0.15, -0.1) is 24.8 Å². The molecule has 2 aliphatic heterocycles. The number of phenols is 1. The monoisotopic (exact) mass is 357 g/mol. The first-order valence-corrected chi connectivity index (χ1v) is 7.88. The second-order valence-corrected chi connectivity index (χ2v) is 7.10. The Bertz CT molecular complexity index is 680. The number of hydrogen-bond acceptors (Lipinski definition) is 4. The van der Waals surface area contributed by atoms with Crippen molar-refractivity contribution in [2.24, 2.45) is 5.92 Å². The molecule has 4 atom stereocenters. The molecule has 4 aliphatic rings. The normalized spacial score (nSPS) is 36.4. The van der Waals surface area contributed by atoms with Crippen molar-refractivity contribution in [1.29, 1.82) is 0 Å². The predicted molar refractivity (Wildman–Crippen MR) is 91.2 cm³/mol. The van der Waals surface area contributed by atoms with E-state index < -0.39 is 0 Å². The van der Waals surface area contributed by atoms with Gasteiger partial charge >= 0.3 is 0 Å². The Balaban J connectivity index is 0.000000781. The van der Waals surface area contributed by atoms with Crippen molar-refractivity contribution in [2.75, 3.05) is 13.6 Å². The lowest BCUT2D eigenvalue weighted by Crippen LogP contribution is -2.65. The fourth-order valence-corrected chi connectivity index (χ4v) is 5.52. The minimum Gasteiger partial charge on any atom is -0.504 e. The van der Waals surface area contributed by atoms with Crippen LogP contribution in [-0.2, 0) is 16.6 Å². The maximum absolute atomic E-state index is 12.5. The van der Waals surface area contributed by atoms with Gasteiger partial charge in [0.25, 0.3) is 0 Å². The molecule has 0 amide bonds. The molecule has 1 saturated heterocycles. The van der Waals surface area contributed by atoms with Gasteiger partial charge in [0.2, 0.25) is 0 Å². The number of likely N-dealkylation sites (N-methyl/N-ethyl adjacent to an activating group) is 1. The fraction of sp³-hybridized carbons (Fsp3) is 0.588. The predicted octanol–water partition coefficient (Wildman–Crippen LogP) is 2.47. The number of ether oxygens (including phenoxy) is 1. The summed E-state index contributed by atoms with van der Waals surface area (Å²) in [5.74, 6) is 1.50. The van der Waals surface area contributed by atoms with Crippen molar-refractivity contribution >= 4 is 30.6 Å². The number of likely N-dealkylation sites (tertiary alicyclic amines) is 1. The number of carbonyl (C=O) groups excluding carboxylic acids is 1. The summed E-state index contributed by atoms with van der Waals surface area (Å²) in [4.78, 5) is 14.9. The standard InChI is InChI=1S/C17H19NO3.2ClH/c1-18-7-6-17-10-3-5-13(20)16(17)21-15-12(19)4-2-9(14(15)17)8-11(10)18;;/h2,4,10-11,16,19H,3,5-8H2,1H3;2*1H/t10-,11+,16-,17-;;/m0../s1. The fourth-order valence-electron chi connectivity index (χ4n) is 5.52. The van der Waals surface area contributed by atoms with Crippen LogP contribution in [0.5, 0.6) is 11.5 Å². The van der Waals surface area contributed by atoms with Crippen LogP contribution in [0, 0.1) is 5.92 Å². The molecule has 23 heavy (non-hydrogen) atoms. The Morgan fingerprint density at radius 3 is 2.91 bits per heavy atom. The molecule has 0 radical (unpaired) electrons. The number of aromatic hydroxyl groups is 1. The SMILES string of the molecule is CN1CC[C@]23c4c5ccc(O)c4O[C@H]2C(=O)CC[C@H]3[C@H]1C5.Cl.Cl. The molecule has 1 spiro atoms. The first kappa shape index (κ1) is 16.9. The van der Waals surface area contributed by atoms with Gasteiger partial charge in [-0.1, -0.05) is 6.07 Å². The molecule has 5 rings (SSSR count). The zero-order valence-electron chi connectivity index (χ0n) is 12.9. The zero-order valence-corrected chi connectivity index (χ0v) is 14.6. The zero-order chi connectivity index (χ0) is 14.4. The Morgan fingerprint density at radius 2 is 2.13 bits per heavy atom. The highest BCUT2D eigenvalue weighted by molar-refractivity contribution is 5.89. The topological polar surface area (TPSA) is 49.8 Å². The van der Waals surface area contributed by atoms with Crippen LogP contribution in [0.25, 0.3) is 0 Å². The van der Waals surface area contributed by atoms with Gasteiger partial charge in [0.15, 0.2) is 23.4 Å². The van der Waals surface area contributed by atoms with Crippen LogP contribution in [0.1, 0.15) is 30.4 Å².